The highest BCUT2D eigenvalue weighted by Crippen LogP contribution is 2.29. The number of carbonyl (C=O) groups is 3. The van der Waals surface area contributed by atoms with Crippen molar-refractivity contribution in [2.75, 3.05) is 11.4 Å². The second-order valence-corrected chi connectivity index (χ2v) is 8.50. The van der Waals surface area contributed by atoms with Crippen LogP contribution in [-0.2, 0) is 28.9 Å². The number of fused-ring (bicyclic) bond motifs is 3. The molecule has 3 heterocycles. The zero-order valence-corrected chi connectivity index (χ0v) is 18.5. The molecule has 2 aliphatic rings. The van der Waals surface area contributed by atoms with Crippen molar-refractivity contribution in [2.45, 2.75) is 45.8 Å². The molecule has 33 heavy (non-hydrogen) atoms. The summed E-state index contributed by atoms with van der Waals surface area (Å²) in [5.74, 6) is -0.277. The number of nitrogens with zero attached hydrogens (tertiary/aromatic N) is 3. The Morgan fingerprint density at radius 3 is 2.61 bits per heavy atom. The van der Waals surface area contributed by atoms with Crippen LogP contribution in [0.3, 0.4) is 0 Å². The van der Waals surface area contributed by atoms with Crippen molar-refractivity contribution in [3.8, 4) is 0 Å². The number of amides is 1. The quantitative estimate of drug-likeness (QED) is 0.452. The third-order valence-corrected chi connectivity index (χ3v) is 6.34. The van der Waals surface area contributed by atoms with Gasteiger partial charge in [-0.1, -0.05) is 0 Å². The van der Waals surface area contributed by atoms with Crippen LogP contribution >= 0.6 is 0 Å². The molecule has 1 amide bonds. The highest BCUT2D eigenvalue weighted by molar-refractivity contribution is 6.03. The van der Waals surface area contributed by atoms with Crippen molar-refractivity contribution in [1.82, 2.24) is 9.55 Å². The highest BCUT2D eigenvalue weighted by Gasteiger charge is 2.26. The molecule has 0 fully saturated rings. The molecule has 2 aromatic carbocycles. The predicted molar refractivity (Wildman–Crippen MR) is 122 cm³/mol. The number of rotatable bonds is 4. The van der Waals surface area contributed by atoms with Gasteiger partial charge < -0.3 is 9.64 Å². The van der Waals surface area contributed by atoms with Gasteiger partial charge in [0.15, 0.2) is 6.10 Å². The molecule has 1 atom stereocenters. The fourth-order valence-electron chi connectivity index (χ4n) is 4.61. The van der Waals surface area contributed by atoms with Crippen LogP contribution in [0.5, 0.6) is 0 Å². The molecule has 8 nitrogen and oxygen atoms in total. The van der Waals surface area contributed by atoms with Gasteiger partial charge in [0.1, 0.15) is 5.82 Å². The Hall–Kier alpha value is -3.81. The lowest BCUT2D eigenvalue weighted by molar-refractivity contribution is -0.116. The predicted octanol–water partition coefficient (Wildman–Crippen LogP) is 2.68. The van der Waals surface area contributed by atoms with Gasteiger partial charge in [0.2, 0.25) is 11.7 Å². The topological polar surface area (TPSA) is 98.6 Å². The van der Waals surface area contributed by atoms with E-state index < -0.39 is 12.1 Å². The first-order valence-electron chi connectivity index (χ1n) is 11.0. The van der Waals surface area contributed by atoms with Crippen LogP contribution in [-0.4, -0.2) is 39.9 Å². The van der Waals surface area contributed by atoms with E-state index in [2.05, 4.69) is 4.98 Å². The average Bonchev–Trinajstić information content (AvgIpc) is 3.44. The summed E-state index contributed by atoms with van der Waals surface area (Å²) in [6, 6.07) is 9.83. The Kier molecular flexibility index (Phi) is 5.08. The molecule has 5 rings (SSSR count). The van der Waals surface area contributed by atoms with Gasteiger partial charge in [0, 0.05) is 37.7 Å². The summed E-state index contributed by atoms with van der Waals surface area (Å²) < 4.78 is 7.11. The van der Waals surface area contributed by atoms with Crippen LogP contribution < -0.4 is 10.5 Å². The number of Topliss-reactive ketones (excluding diaryl/α,β-unsaturated/α-hetero) is 1. The summed E-state index contributed by atoms with van der Waals surface area (Å²) in [6.45, 7) is 4.31. The van der Waals surface area contributed by atoms with E-state index in [9.17, 15) is 19.2 Å². The van der Waals surface area contributed by atoms with Crippen LogP contribution in [0.4, 0.5) is 5.69 Å². The number of hydrogen-bond acceptors (Lipinski definition) is 6. The maximum atomic E-state index is 12.9. The van der Waals surface area contributed by atoms with E-state index in [0.29, 0.717) is 36.0 Å². The number of ether oxygens (including phenoxy) is 1. The first-order chi connectivity index (χ1) is 15.8. The van der Waals surface area contributed by atoms with E-state index >= 15 is 0 Å². The van der Waals surface area contributed by atoms with Crippen molar-refractivity contribution in [1.29, 1.82) is 0 Å². The van der Waals surface area contributed by atoms with Gasteiger partial charge in [0.25, 0.3) is 5.56 Å². The molecule has 1 aromatic heterocycles. The molecule has 0 spiro atoms. The molecule has 2 aliphatic heterocycles. The largest absolute Gasteiger partial charge is 0.451 e. The summed E-state index contributed by atoms with van der Waals surface area (Å²) in [6.07, 6.45) is 1.30. The highest BCUT2D eigenvalue weighted by atomic mass is 16.5. The molecule has 168 valence electrons. The van der Waals surface area contributed by atoms with Crippen molar-refractivity contribution in [3.05, 3.63) is 69.3 Å². The molecular weight excluding hydrogens is 422 g/mol. The minimum absolute atomic E-state index is 0.0346. The summed E-state index contributed by atoms with van der Waals surface area (Å²) >= 11 is 0. The summed E-state index contributed by atoms with van der Waals surface area (Å²) in [7, 11) is 0. The maximum Gasteiger partial charge on any atom is 0.338 e. The Morgan fingerprint density at radius 2 is 1.82 bits per heavy atom. The Morgan fingerprint density at radius 1 is 1.03 bits per heavy atom. The summed E-state index contributed by atoms with van der Waals surface area (Å²) in [5, 5.41) is 0.457. The molecule has 0 saturated heterocycles. The van der Waals surface area contributed by atoms with E-state index in [1.165, 1.54) is 19.9 Å². The van der Waals surface area contributed by atoms with Gasteiger partial charge in [0.05, 0.1) is 16.5 Å². The summed E-state index contributed by atoms with van der Waals surface area (Å²) in [5.41, 5.74) is 2.76. The molecule has 3 aromatic rings. The molecule has 0 unspecified atom stereocenters. The van der Waals surface area contributed by atoms with Crippen molar-refractivity contribution < 1.29 is 19.1 Å². The standard InChI is InChI=1S/C25H23N3O5/c1-14(23(30)17-6-8-21-16(12-17)9-11-27(21)15(2)29)33-25(32)18-5-7-19-20(13-18)26-22-4-3-10-28(22)24(19)31/h5-8,12-14H,3-4,9-11H2,1-2H3/t14-/m1/s1. The van der Waals surface area contributed by atoms with Crippen LogP contribution in [0.15, 0.2) is 41.2 Å². The van der Waals surface area contributed by atoms with Crippen molar-refractivity contribution in [2.24, 2.45) is 0 Å². The maximum absolute atomic E-state index is 12.9. The van der Waals surface area contributed by atoms with Crippen LogP contribution in [0.25, 0.3) is 10.9 Å². The average molecular weight is 445 g/mol. The molecule has 0 bridgehead atoms. The molecule has 0 aliphatic carbocycles. The van der Waals surface area contributed by atoms with E-state index in [0.717, 1.165) is 29.9 Å². The van der Waals surface area contributed by atoms with Gasteiger partial charge in [-0.3, -0.25) is 19.0 Å². The number of aromatic nitrogens is 2. The van der Waals surface area contributed by atoms with E-state index in [1.807, 2.05) is 0 Å². The smallest absolute Gasteiger partial charge is 0.338 e. The zero-order valence-electron chi connectivity index (χ0n) is 18.5. The molecular formula is C25H23N3O5. The van der Waals surface area contributed by atoms with Gasteiger partial charge in [-0.25, -0.2) is 9.78 Å². The Labute approximate surface area is 189 Å². The van der Waals surface area contributed by atoms with Crippen LogP contribution in [0.2, 0.25) is 0 Å². The fraction of sp³-hybridized carbons (Fsp3) is 0.320. The zero-order chi connectivity index (χ0) is 23.3. The molecule has 0 N–H and O–H groups in total. The second-order valence-electron chi connectivity index (χ2n) is 8.50. The lowest BCUT2D eigenvalue weighted by Gasteiger charge is -2.16. The number of benzene rings is 2. The SMILES string of the molecule is CC(=O)N1CCc2cc(C(=O)[C@@H](C)OC(=O)c3ccc4c(=O)n5c(nc4c3)CCC5)ccc21. The van der Waals surface area contributed by atoms with Crippen LogP contribution in [0, 0.1) is 0 Å². The number of carbonyl (C=O) groups excluding carboxylic acids is 3. The van der Waals surface area contributed by atoms with E-state index in [4.69, 9.17) is 4.74 Å². The fourth-order valence-corrected chi connectivity index (χ4v) is 4.61. The van der Waals surface area contributed by atoms with Gasteiger partial charge in [-0.2, -0.15) is 0 Å². The molecule has 0 radical (unpaired) electrons. The first kappa shape index (κ1) is 21.1. The number of ketones is 1. The van der Waals surface area contributed by atoms with E-state index in [-0.39, 0.29) is 22.8 Å². The first-order valence-corrected chi connectivity index (χ1v) is 11.0. The second kappa shape index (κ2) is 7.95. The number of anilines is 1. The van der Waals surface area contributed by atoms with Crippen LogP contribution in [0.1, 0.15) is 52.4 Å². The lowest BCUT2D eigenvalue weighted by Crippen LogP contribution is -2.26. The molecule has 8 heteroatoms. The van der Waals surface area contributed by atoms with Crippen molar-refractivity contribution in [3.63, 3.8) is 0 Å². The third-order valence-electron chi connectivity index (χ3n) is 6.34. The van der Waals surface area contributed by atoms with Gasteiger partial charge in [-0.15, -0.1) is 0 Å². The minimum atomic E-state index is -0.991. The van der Waals surface area contributed by atoms with Crippen molar-refractivity contribution >= 4 is 34.3 Å². The van der Waals surface area contributed by atoms with E-state index in [1.54, 1.807) is 39.8 Å². The third kappa shape index (κ3) is 3.61. The lowest BCUT2D eigenvalue weighted by atomic mass is 10.0. The van der Waals surface area contributed by atoms with Gasteiger partial charge in [-0.05, 0) is 61.7 Å². The normalized spacial score (nSPS) is 15.3. The number of esters is 1. The summed E-state index contributed by atoms with van der Waals surface area (Å²) in [4.78, 5) is 56.2. The number of aryl methyl sites for hydroxylation is 1. The van der Waals surface area contributed by atoms with Gasteiger partial charge >= 0.3 is 5.97 Å². The number of hydrogen-bond donors (Lipinski definition) is 0. The minimum Gasteiger partial charge on any atom is -0.451 e. The molecule has 0 saturated carbocycles. The Balaban J connectivity index is 1.34. The monoisotopic (exact) mass is 445 g/mol. The Bertz CT molecular complexity index is 1390.